The summed E-state index contributed by atoms with van der Waals surface area (Å²) in [7, 11) is 0. The fourth-order valence-electron chi connectivity index (χ4n) is 7.82. The highest BCUT2D eigenvalue weighted by molar-refractivity contribution is 6.11. The van der Waals surface area contributed by atoms with Crippen molar-refractivity contribution in [3.05, 3.63) is 139 Å². The molecule has 44 heavy (non-hydrogen) atoms. The van der Waals surface area contributed by atoms with Crippen molar-refractivity contribution in [1.29, 1.82) is 0 Å². The Hall–Kier alpha value is -5.08. The summed E-state index contributed by atoms with van der Waals surface area (Å²) in [6.07, 6.45) is 0. The first-order valence-corrected chi connectivity index (χ1v) is 15.5. The Morgan fingerprint density at radius 1 is 0.500 bits per heavy atom. The van der Waals surface area contributed by atoms with Crippen LogP contribution < -0.4 is 0 Å². The van der Waals surface area contributed by atoms with Crippen LogP contribution in [-0.4, -0.2) is 4.57 Å². The summed E-state index contributed by atoms with van der Waals surface area (Å²) >= 11 is 0. The van der Waals surface area contributed by atoms with E-state index in [-0.39, 0.29) is 10.8 Å². The molecule has 0 saturated carbocycles. The van der Waals surface area contributed by atoms with Crippen molar-refractivity contribution in [2.45, 2.75) is 38.5 Å². The fourth-order valence-corrected chi connectivity index (χ4v) is 7.82. The predicted molar refractivity (Wildman–Crippen MR) is 185 cm³/mol. The molecule has 2 aromatic heterocycles. The van der Waals surface area contributed by atoms with Gasteiger partial charge in [-0.05, 0) is 81.3 Å². The minimum Gasteiger partial charge on any atom is -0.456 e. The molecule has 0 N–H and O–H groups in total. The van der Waals surface area contributed by atoms with Crippen LogP contribution in [0.2, 0.25) is 0 Å². The Bertz CT molecular complexity index is 2380. The monoisotopic (exact) mass is 567 g/mol. The maximum atomic E-state index is 6.33. The first-order chi connectivity index (χ1) is 21.3. The van der Waals surface area contributed by atoms with Gasteiger partial charge in [-0.1, -0.05) is 113 Å². The van der Waals surface area contributed by atoms with E-state index in [1.54, 1.807) is 0 Å². The lowest BCUT2D eigenvalue weighted by Gasteiger charge is -2.48. The van der Waals surface area contributed by atoms with Gasteiger partial charge in [-0.2, -0.15) is 0 Å². The number of aromatic nitrogens is 1. The Balaban J connectivity index is 1.19. The van der Waals surface area contributed by atoms with Crippen LogP contribution in [0.4, 0.5) is 0 Å². The van der Waals surface area contributed by atoms with E-state index in [1.807, 2.05) is 0 Å². The number of para-hydroxylation sites is 3. The third-order valence-corrected chi connectivity index (χ3v) is 10.8. The zero-order chi connectivity index (χ0) is 29.8. The Kier molecular flexibility index (Phi) is 5.05. The van der Waals surface area contributed by atoms with Crippen LogP contribution in [0.1, 0.15) is 38.8 Å². The molecule has 0 unspecified atom stereocenters. The molecule has 0 bridgehead atoms. The summed E-state index contributed by atoms with van der Waals surface area (Å²) in [6.45, 7) is 9.63. The van der Waals surface area contributed by atoms with Crippen LogP contribution >= 0.6 is 0 Å². The van der Waals surface area contributed by atoms with Gasteiger partial charge >= 0.3 is 0 Å². The molecule has 8 aromatic rings. The quantitative estimate of drug-likeness (QED) is 0.203. The molecule has 6 aromatic carbocycles. The van der Waals surface area contributed by atoms with Crippen molar-refractivity contribution >= 4 is 43.7 Å². The summed E-state index contributed by atoms with van der Waals surface area (Å²) in [5, 5.41) is 5.03. The van der Waals surface area contributed by atoms with Crippen molar-refractivity contribution in [3.8, 4) is 27.9 Å². The van der Waals surface area contributed by atoms with Crippen molar-refractivity contribution < 1.29 is 4.42 Å². The molecule has 0 aliphatic heterocycles. The van der Waals surface area contributed by atoms with Gasteiger partial charge in [-0.3, -0.25) is 0 Å². The van der Waals surface area contributed by atoms with Gasteiger partial charge in [0, 0.05) is 32.6 Å². The summed E-state index contributed by atoms with van der Waals surface area (Å²) < 4.78 is 8.71. The van der Waals surface area contributed by atoms with Crippen LogP contribution in [0.3, 0.4) is 0 Å². The average molecular weight is 568 g/mol. The molecule has 212 valence electrons. The van der Waals surface area contributed by atoms with Gasteiger partial charge in [0.2, 0.25) is 0 Å². The van der Waals surface area contributed by atoms with Gasteiger partial charge in [0.1, 0.15) is 11.2 Å². The lowest BCUT2D eigenvalue weighted by Crippen LogP contribution is -2.43. The fraction of sp³-hybridized carbons (Fsp3) is 0.143. The average Bonchev–Trinajstić information content (AvgIpc) is 3.59. The summed E-state index contributed by atoms with van der Waals surface area (Å²) in [5.41, 5.74) is 13.2. The summed E-state index contributed by atoms with van der Waals surface area (Å²) in [4.78, 5) is 0. The molecule has 1 aliphatic carbocycles. The largest absolute Gasteiger partial charge is 0.456 e. The minimum atomic E-state index is -0.124. The van der Waals surface area contributed by atoms with E-state index < -0.39 is 0 Å². The van der Waals surface area contributed by atoms with Gasteiger partial charge in [0.15, 0.2) is 0 Å². The summed E-state index contributed by atoms with van der Waals surface area (Å²) in [5.74, 6) is 0. The van der Waals surface area contributed by atoms with Crippen molar-refractivity contribution in [1.82, 2.24) is 4.57 Å². The zero-order valence-electron chi connectivity index (χ0n) is 25.5. The van der Waals surface area contributed by atoms with Crippen molar-refractivity contribution in [2.24, 2.45) is 0 Å². The molecule has 2 heterocycles. The normalized spacial score (nSPS) is 15.2. The third kappa shape index (κ3) is 3.26. The van der Waals surface area contributed by atoms with Gasteiger partial charge < -0.3 is 8.98 Å². The first-order valence-electron chi connectivity index (χ1n) is 15.5. The zero-order valence-corrected chi connectivity index (χ0v) is 25.5. The first kappa shape index (κ1) is 25.4. The molecule has 0 spiro atoms. The number of nitrogens with zero attached hydrogens (tertiary/aromatic N) is 1. The molecule has 9 rings (SSSR count). The number of rotatable bonds is 2. The highest BCUT2D eigenvalue weighted by atomic mass is 16.3. The van der Waals surface area contributed by atoms with Crippen molar-refractivity contribution in [3.63, 3.8) is 0 Å². The smallest absolute Gasteiger partial charge is 0.135 e. The Morgan fingerprint density at radius 3 is 1.80 bits per heavy atom. The van der Waals surface area contributed by atoms with Crippen LogP contribution in [0.15, 0.2) is 132 Å². The number of hydrogen-bond acceptors (Lipinski definition) is 1. The van der Waals surface area contributed by atoms with Crippen molar-refractivity contribution in [2.75, 3.05) is 0 Å². The second-order valence-corrected chi connectivity index (χ2v) is 13.4. The molecule has 0 atom stereocenters. The topological polar surface area (TPSA) is 18.1 Å². The van der Waals surface area contributed by atoms with E-state index in [9.17, 15) is 0 Å². The Labute approximate surface area is 257 Å². The second kappa shape index (κ2) is 8.74. The predicted octanol–water partition coefficient (Wildman–Crippen LogP) is 11.6. The molecule has 0 radical (unpaired) electrons. The summed E-state index contributed by atoms with van der Waals surface area (Å²) in [6, 6.07) is 46.4. The van der Waals surface area contributed by atoms with Crippen LogP contribution in [0, 0.1) is 0 Å². The van der Waals surface area contributed by atoms with Gasteiger partial charge in [0.05, 0.1) is 11.0 Å². The number of furan rings is 1. The van der Waals surface area contributed by atoms with E-state index in [0.29, 0.717) is 0 Å². The van der Waals surface area contributed by atoms with Gasteiger partial charge in [-0.25, -0.2) is 0 Å². The molecule has 0 amide bonds. The van der Waals surface area contributed by atoms with Gasteiger partial charge in [-0.15, -0.1) is 0 Å². The Morgan fingerprint density at radius 2 is 1.09 bits per heavy atom. The maximum Gasteiger partial charge on any atom is 0.135 e. The minimum absolute atomic E-state index is 0.110. The highest BCUT2D eigenvalue weighted by Crippen LogP contribution is 2.57. The molecule has 1 aliphatic rings. The maximum absolute atomic E-state index is 6.33. The standard InChI is InChI=1S/C42H33NO/c1-41(2)34-25-27(26-17-20-28(21-18-26)43-35-14-8-5-11-30(35)31-12-6-9-15-36(31)43)19-22-29(34)32-23-24-38-39(40(32)42(41,3)4)33-13-7-10-16-37(33)44-38/h5-25H,1-4H3. The molecule has 0 fully saturated rings. The number of fused-ring (bicyclic) bond motifs is 10. The molecule has 2 nitrogen and oxygen atoms in total. The van der Waals surface area contributed by atoms with Crippen LogP contribution in [0.25, 0.3) is 71.7 Å². The molecular weight excluding hydrogens is 534 g/mol. The lowest BCUT2D eigenvalue weighted by molar-refractivity contribution is 0.301. The third-order valence-electron chi connectivity index (χ3n) is 10.8. The van der Waals surface area contributed by atoms with E-state index in [0.717, 1.165) is 11.2 Å². The number of hydrogen-bond donors (Lipinski definition) is 0. The van der Waals surface area contributed by atoms with E-state index in [1.165, 1.54) is 71.6 Å². The second-order valence-electron chi connectivity index (χ2n) is 13.4. The molecule has 0 saturated heterocycles. The lowest BCUT2D eigenvalue weighted by atomic mass is 9.54. The van der Waals surface area contributed by atoms with E-state index in [2.05, 4.69) is 160 Å². The van der Waals surface area contributed by atoms with E-state index >= 15 is 0 Å². The van der Waals surface area contributed by atoms with Gasteiger partial charge in [0.25, 0.3) is 0 Å². The van der Waals surface area contributed by atoms with Crippen LogP contribution in [-0.2, 0) is 10.8 Å². The molecule has 2 heteroatoms. The number of benzene rings is 6. The van der Waals surface area contributed by atoms with E-state index in [4.69, 9.17) is 4.42 Å². The SMILES string of the molecule is CC1(C)c2cc(-c3ccc(-n4c5ccccc5c5ccccc54)cc3)ccc2-c2ccc3oc4ccccc4c3c2C1(C)C. The molecular formula is C42H33NO. The highest BCUT2D eigenvalue weighted by Gasteiger charge is 2.47. The van der Waals surface area contributed by atoms with Crippen LogP contribution in [0.5, 0.6) is 0 Å².